The van der Waals surface area contributed by atoms with Crippen molar-refractivity contribution in [3.05, 3.63) is 24.5 Å². The van der Waals surface area contributed by atoms with Crippen LogP contribution in [0.15, 0.2) is 24.5 Å². The summed E-state index contributed by atoms with van der Waals surface area (Å²) in [5.41, 5.74) is 0.500. The summed E-state index contributed by atoms with van der Waals surface area (Å²) < 4.78 is 2.17. The van der Waals surface area contributed by atoms with Crippen LogP contribution in [-0.2, 0) is 0 Å². The fourth-order valence-electron chi connectivity index (χ4n) is 0.692. The molecule has 3 radical (unpaired) electrons. The summed E-state index contributed by atoms with van der Waals surface area (Å²) in [6, 6.07) is 4.69. The molecule has 0 aromatic carbocycles. The summed E-state index contributed by atoms with van der Waals surface area (Å²) in [6.45, 7) is 17.1. The van der Waals surface area contributed by atoms with Gasteiger partial charge in [-0.25, -0.2) is 0 Å². The van der Waals surface area contributed by atoms with Crippen molar-refractivity contribution in [1.82, 2.24) is 4.57 Å². The first-order valence-electron chi connectivity index (χ1n) is 5.93. The van der Waals surface area contributed by atoms with Crippen LogP contribution < -0.4 is 0 Å². The molecular weight excluding hydrogens is 205 g/mol. The standard InChI is InChI=1S/C7H11N.C5H12.C2H6.CH4.B/c1-7(2)8-5-3-4-6-8;1-5(2,3)4;1-2;;/h3-7H,1-2H3;1-4H3;1-2H3;1H4;. The summed E-state index contributed by atoms with van der Waals surface area (Å²) in [5.74, 6) is 0. The molecule has 0 spiro atoms. The number of aromatic nitrogens is 1. The van der Waals surface area contributed by atoms with Crippen LogP contribution in [0.5, 0.6) is 0 Å². The molecule has 1 rings (SSSR count). The van der Waals surface area contributed by atoms with E-state index >= 15 is 0 Å². The average molecular weight is 238 g/mol. The molecule has 2 heteroatoms. The van der Waals surface area contributed by atoms with Crippen LogP contribution in [0.2, 0.25) is 0 Å². The van der Waals surface area contributed by atoms with Crippen molar-refractivity contribution in [2.45, 2.75) is 68.9 Å². The van der Waals surface area contributed by atoms with Crippen LogP contribution in [0.3, 0.4) is 0 Å². The average Bonchev–Trinajstić information content (AvgIpc) is 2.56. The van der Waals surface area contributed by atoms with Gasteiger partial charge in [-0.05, 0) is 31.4 Å². The molecule has 0 saturated carbocycles. The normalized spacial score (nSPS) is 8.76. The molecule has 0 bridgehead atoms. The van der Waals surface area contributed by atoms with Gasteiger partial charge in [-0.15, -0.1) is 0 Å². The van der Waals surface area contributed by atoms with E-state index in [-0.39, 0.29) is 15.8 Å². The number of rotatable bonds is 1. The SMILES string of the molecule is C.CC.CC(C)(C)C.CC(C)n1cccc1.[B]. The Bertz CT molecular complexity index is 201. The van der Waals surface area contributed by atoms with Gasteiger partial charge in [0.2, 0.25) is 0 Å². The Morgan fingerprint density at radius 3 is 1.24 bits per heavy atom. The minimum Gasteiger partial charge on any atom is -0.352 e. The highest BCUT2D eigenvalue weighted by Crippen LogP contribution is 2.08. The summed E-state index contributed by atoms with van der Waals surface area (Å²) in [7, 11) is 0. The third-order valence-electron chi connectivity index (χ3n) is 1.22. The van der Waals surface area contributed by atoms with Crippen LogP contribution >= 0.6 is 0 Å². The van der Waals surface area contributed by atoms with Gasteiger partial charge in [0.1, 0.15) is 0 Å². The first-order chi connectivity index (χ1) is 6.80. The molecule has 101 valence electrons. The van der Waals surface area contributed by atoms with Gasteiger partial charge in [-0.3, -0.25) is 0 Å². The van der Waals surface area contributed by atoms with Crippen molar-refractivity contribution in [3.63, 3.8) is 0 Å². The second-order valence-electron chi connectivity index (χ2n) is 5.22. The molecule has 0 aliphatic heterocycles. The van der Waals surface area contributed by atoms with Crippen molar-refractivity contribution in [2.24, 2.45) is 5.41 Å². The smallest absolute Gasteiger partial charge is 0.0274 e. The van der Waals surface area contributed by atoms with Gasteiger partial charge in [0, 0.05) is 26.8 Å². The van der Waals surface area contributed by atoms with Crippen molar-refractivity contribution in [3.8, 4) is 0 Å². The largest absolute Gasteiger partial charge is 0.352 e. The second-order valence-corrected chi connectivity index (χ2v) is 5.22. The third-order valence-corrected chi connectivity index (χ3v) is 1.22. The molecule has 0 aliphatic rings. The zero-order chi connectivity index (χ0) is 12.5. The quantitative estimate of drug-likeness (QED) is 0.577. The minimum absolute atomic E-state index is 0. The molecule has 0 N–H and O–H groups in total. The van der Waals surface area contributed by atoms with Crippen LogP contribution in [0.4, 0.5) is 0 Å². The maximum absolute atomic E-state index is 2.19. The Hall–Kier alpha value is -0.655. The van der Waals surface area contributed by atoms with Crippen molar-refractivity contribution in [2.75, 3.05) is 0 Å². The van der Waals surface area contributed by atoms with Crippen LogP contribution in [0.1, 0.15) is 68.9 Å². The van der Waals surface area contributed by atoms with Crippen molar-refractivity contribution >= 4 is 8.41 Å². The summed E-state index contributed by atoms with van der Waals surface area (Å²) >= 11 is 0. The van der Waals surface area contributed by atoms with Gasteiger partial charge in [0.25, 0.3) is 0 Å². The molecule has 0 saturated heterocycles. The summed E-state index contributed by atoms with van der Waals surface area (Å²) in [5, 5.41) is 0. The van der Waals surface area contributed by atoms with Crippen molar-refractivity contribution in [1.29, 1.82) is 0 Å². The van der Waals surface area contributed by atoms with Crippen molar-refractivity contribution < 1.29 is 0 Å². The Kier molecular flexibility index (Phi) is 19.9. The predicted octanol–water partition coefficient (Wildman–Crippen LogP) is 5.40. The molecule has 17 heavy (non-hydrogen) atoms. The molecule has 0 unspecified atom stereocenters. The minimum atomic E-state index is 0. The van der Waals surface area contributed by atoms with E-state index in [2.05, 4.69) is 58.5 Å². The Morgan fingerprint density at radius 2 is 1.12 bits per heavy atom. The lowest BCUT2D eigenvalue weighted by Crippen LogP contribution is -1.94. The molecule has 1 aromatic rings. The van der Waals surface area contributed by atoms with Gasteiger partial charge in [0.15, 0.2) is 0 Å². The summed E-state index contributed by atoms with van der Waals surface area (Å²) in [4.78, 5) is 0. The number of nitrogens with zero attached hydrogens (tertiary/aromatic N) is 1. The lowest BCUT2D eigenvalue weighted by molar-refractivity contribution is 0.469. The topological polar surface area (TPSA) is 4.93 Å². The van der Waals surface area contributed by atoms with Crippen LogP contribution in [0.25, 0.3) is 0 Å². The van der Waals surface area contributed by atoms with E-state index in [0.29, 0.717) is 11.5 Å². The first-order valence-corrected chi connectivity index (χ1v) is 5.93. The lowest BCUT2D eigenvalue weighted by Gasteiger charge is -2.05. The summed E-state index contributed by atoms with van der Waals surface area (Å²) in [6.07, 6.45) is 4.15. The van der Waals surface area contributed by atoms with Gasteiger partial charge in [-0.1, -0.05) is 49.0 Å². The number of hydrogen-bond donors (Lipinski definition) is 0. The number of hydrogen-bond acceptors (Lipinski definition) is 0. The highest BCUT2D eigenvalue weighted by Gasteiger charge is 1.95. The Balaban J connectivity index is -0.0000000838. The Labute approximate surface area is 112 Å². The monoisotopic (exact) mass is 238 g/mol. The van der Waals surface area contributed by atoms with E-state index in [9.17, 15) is 0 Å². The highest BCUT2D eigenvalue weighted by molar-refractivity contribution is 5.75. The van der Waals surface area contributed by atoms with E-state index in [1.54, 1.807) is 0 Å². The molecule has 0 amide bonds. The zero-order valence-electron chi connectivity index (χ0n) is 12.4. The predicted molar refractivity (Wildman–Crippen MR) is 83.8 cm³/mol. The molecule has 1 aromatic heterocycles. The molecule has 0 aliphatic carbocycles. The van der Waals surface area contributed by atoms with E-state index < -0.39 is 0 Å². The van der Waals surface area contributed by atoms with Gasteiger partial charge in [0.05, 0.1) is 0 Å². The molecule has 1 nitrogen and oxygen atoms in total. The maximum atomic E-state index is 2.19. The molecule has 0 atom stereocenters. The first kappa shape index (κ1) is 25.3. The zero-order valence-corrected chi connectivity index (χ0v) is 12.4. The Morgan fingerprint density at radius 1 is 0.882 bits per heavy atom. The van der Waals surface area contributed by atoms with Gasteiger partial charge < -0.3 is 4.57 Å². The van der Waals surface area contributed by atoms with E-state index in [1.807, 2.05) is 26.0 Å². The molecule has 0 fully saturated rings. The third kappa shape index (κ3) is 25.5. The van der Waals surface area contributed by atoms with Gasteiger partial charge >= 0.3 is 0 Å². The fraction of sp³-hybridized carbons (Fsp3) is 0.733. The van der Waals surface area contributed by atoms with E-state index in [0.717, 1.165) is 0 Å². The second kappa shape index (κ2) is 13.4. The van der Waals surface area contributed by atoms with E-state index in [4.69, 9.17) is 0 Å². The van der Waals surface area contributed by atoms with Gasteiger partial charge in [-0.2, -0.15) is 0 Å². The van der Waals surface area contributed by atoms with E-state index in [1.165, 1.54) is 0 Å². The molecular formula is C15H33BN. The molecule has 1 heterocycles. The maximum Gasteiger partial charge on any atom is 0.0274 e. The van der Waals surface area contributed by atoms with Crippen LogP contribution in [0, 0.1) is 5.41 Å². The lowest BCUT2D eigenvalue weighted by atomic mass is 10.0. The fourth-order valence-corrected chi connectivity index (χ4v) is 0.692. The highest BCUT2D eigenvalue weighted by atomic mass is 15.0. The van der Waals surface area contributed by atoms with Crippen LogP contribution in [-0.4, -0.2) is 13.0 Å².